The molecule has 7 heteroatoms. The Labute approximate surface area is 133 Å². The van der Waals surface area contributed by atoms with Crippen LogP contribution in [0.25, 0.3) is 10.7 Å². The highest BCUT2D eigenvalue weighted by Crippen LogP contribution is 2.22. The van der Waals surface area contributed by atoms with E-state index in [4.69, 9.17) is 0 Å². The molecule has 3 aromatic heterocycles. The van der Waals surface area contributed by atoms with Crippen LogP contribution in [0.1, 0.15) is 31.2 Å². The molecule has 3 aromatic rings. The molecule has 6 nitrogen and oxygen atoms in total. The lowest BCUT2D eigenvalue weighted by atomic mass is 10.1. The number of hydrogen-bond donors (Lipinski definition) is 1. The van der Waals surface area contributed by atoms with E-state index in [1.54, 1.807) is 22.3 Å². The molecule has 3 rings (SSSR count). The monoisotopic (exact) mass is 314 g/mol. The van der Waals surface area contributed by atoms with Crippen molar-refractivity contribution in [3.05, 3.63) is 41.4 Å². The van der Waals surface area contributed by atoms with Gasteiger partial charge in [0.2, 0.25) is 0 Å². The van der Waals surface area contributed by atoms with Crippen molar-refractivity contribution in [3.8, 4) is 10.7 Å². The summed E-state index contributed by atoms with van der Waals surface area (Å²) in [6.45, 7) is 4.87. The number of aromatic nitrogens is 5. The number of nitrogens with zero attached hydrogens (tertiary/aromatic N) is 5. The van der Waals surface area contributed by atoms with Crippen LogP contribution in [0.4, 0.5) is 5.82 Å². The molecule has 22 heavy (non-hydrogen) atoms. The minimum Gasteiger partial charge on any atom is -0.364 e. The molecule has 0 saturated heterocycles. The van der Waals surface area contributed by atoms with Gasteiger partial charge in [-0.2, -0.15) is 5.10 Å². The molecule has 3 heterocycles. The maximum absolute atomic E-state index is 4.60. The van der Waals surface area contributed by atoms with E-state index in [2.05, 4.69) is 39.2 Å². The van der Waals surface area contributed by atoms with Crippen LogP contribution in [0.15, 0.2) is 30.0 Å². The molecular formula is C15H18N6S. The van der Waals surface area contributed by atoms with Crippen LogP contribution in [0.5, 0.6) is 0 Å². The number of nitrogens with one attached hydrogen (secondary N) is 1. The van der Waals surface area contributed by atoms with E-state index in [0.717, 1.165) is 27.9 Å². The van der Waals surface area contributed by atoms with Crippen molar-refractivity contribution in [2.75, 3.05) is 5.32 Å². The molecule has 0 aromatic carbocycles. The summed E-state index contributed by atoms with van der Waals surface area (Å²) < 4.78 is 1.78. The Morgan fingerprint density at radius 3 is 2.91 bits per heavy atom. The maximum Gasteiger partial charge on any atom is 0.144 e. The normalized spacial score (nSPS) is 11.1. The first-order valence-corrected chi connectivity index (χ1v) is 8.00. The Balaban J connectivity index is 1.67. The minimum atomic E-state index is 0.388. The topological polar surface area (TPSA) is 68.5 Å². The fraction of sp³-hybridized carbons (Fsp3) is 0.333. The Bertz CT molecular complexity index is 761. The molecule has 1 N–H and O–H groups in total. The summed E-state index contributed by atoms with van der Waals surface area (Å²) in [5.41, 5.74) is 2.92. The van der Waals surface area contributed by atoms with Crippen LogP contribution < -0.4 is 5.32 Å². The average molecular weight is 314 g/mol. The molecule has 0 atom stereocenters. The fourth-order valence-corrected chi connectivity index (χ4v) is 2.78. The standard InChI is InChI=1S/C15H18N6S/c1-10(2)13-6-14(18-9-17-13)16-7-11-8-22-15(19-11)12-4-5-21(3)20-12/h4-6,8-10H,7H2,1-3H3,(H,16,17,18). The molecule has 114 valence electrons. The number of thiazole rings is 1. The van der Waals surface area contributed by atoms with Crippen LogP contribution in [0, 0.1) is 0 Å². The van der Waals surface area contributed by atoms with Gasteiger partial charge in [0.05, 0.1) is 12.2 Å². The highest BCUT2D eigenvalue weighted by Gasteiger charge is 2.08. The lowest BCUT2D eigenvalue weighted by Gasteiger charge is -2.07. The SMILES string of the molecule is CC(C)c1cc(NCc2csc(-c3ccn(C)n3)n2)ncn1. The zero-order valence-corrected chi connectivity index (χ0v) is 13.6. The lowest BCUT2D eigenvalue weighted by Crippen LogP contribution is -2.04. The summed E-state index contributed by atoms with van der Waals surface area (Å²) in [5, 5.41) is 10.6. The van der Waals surface area contributed by atoms with Gasteiger partial charge in [-0.15, -0.1) is 11.3 Å². The van der Waals surface area contributed by atoms with Crippen molar-refractivity contribution in [2.45, 2.75) is 26.3 Å². The first kappa shape index (κ1) is 14.6. The Kier molecular flexibility index (Phi) is 4.15. The van der Waals surface area contributed by atoms with Crippen LogP contribution in [0.2, 0.25) is 0 Å². The molecule has 0 fully saturated rings. The molecule has 0 amide bonds. The summed E-state index contributed by atoms with van der Waals surface area (Å²) >= 11 is 1.60. The van der Waals surface area contributed by atoms with Gasteiger partial charge in [0.25, 0.3) is 0 Å². The van der Waals surface area contributed by atoms with E-state index in [0.29, 0.717) is 12.5 Å². The Hall–Kier alpha value is -2.28. The van der Waals surface area contributed by atoms with Gasteiger partial charge in [-0.1, -0.05) is 13.8 Å². The third-order valence-electron chi connectivity index (χ3n) is 3.21. The average Bonchev–Trinajstić information content (AvgIpc) is 3.14. The first-order valence-electron chi connectivity index (χ1n) is 7.12. The van der Waals surface area contributed by atoms with Crippen molar-refractivity contribution in [2.24, 2.45) is 7.05 Å². The van der Waals surface area contributed by atoms with Gasteiger partial charge < -0.3 is 5.32 Å². The molecule has 0 aliphatic carbocycles. The van der Waals surface area contributed by atoms with Crippen molar-refractivity contribution in [1.29, 1.82) is 0 Å². The van der Waals surface area contributed by atoms with Gasteiger partial charge in [-0.25, -0.2) is 15.0 Å². The molecule has 0 radical (unpaired) electrons. The second-order valence-corrected chi connectivity index (χ2v) is 6.21. The second-order valence-electron chi connectivity index (χ2n) is 5.36. The van der Waals surface area contributed by atoms with Crippen molar-refractivity contribution in [3.63, 3.8) is 0 Å². The van der Waals surface area contributed by atoms with E-state index in [1.165, 1.54) is 0 Å². The highest BCUT2D eigenvalue weighted by atomic mass is 32.1. The van der Waals surface area contributed by atoms with Crippen LogP contribution in [-0.2, 0) is 13.6 Å². The predicted octanol–water partition coefficient (Wildman–Crippen LogP) is 3.07. The van der Waals surface area contributed by atoms with Gasteiger partial charge in [0.15, 0.2) is 0 Å². The quantitative estimate of drug-likeness (QED) is 0.784. The molecule has 0 aliphatic rings. The predicted molar refractivity (Wildman–Crippen MR) is 87.8 cm³/mol. The lowest BCUT2D eigenvalue weighted by molar-refractivity contribution is 0.770. The van der Waals surface area contributed by atoms with Crippen LogP contribution >= 0.6 is 11.3 Å². The molecule has 0 aliphatic heterocycles. The minimum absolute atomic E-state index is 0.388. The van der Waals surface area contributed by atoms with E-state index in [9.17, 15) is 0 Å². The summed E-state index contributed by atoms with van der Waals surface area (Å²) in [5.74, 6) is 1.21. The van der Waals surface area contributed by atoms with Gasteiger partial charge in [0.1, 0.15) is 22.8 Å². The number of aryl methyl sites for hydroxylation is 1. The van der Waals surface area contributed by atoms with Crippen molar-refractivity contribution in [1.82, 2.24) is 24.7 Å². The maximum atomic E-state index is 4.60. The smallest absolute Gasteiger partial charge is 0.144 e. The Morgan fingerprint density at radius 1 is 1.32 bits per heavy atom. The van der Waals surface area contributed by atoms with Gasteiger partial charge in [0, 0.05) is 30.4 Å². The van der Waals surface area contributed by atoms with Crippen LogP contribution in [0.3, 0.4) is 0 Å². The zero-order chi connectivity index (χ0) is 15.5. The van der Waals surface area contributed by atoms with E-state index in [1.807, 2.05) is 30.8 Å². The van der Waals surface area contributed by atoms with E-state index < -0.39 is 0 Å². The van der Waals surface area contributed by atoms with E-state index in [-0.39, 0.29) is 0 Å². The second kappa shape index (κ2) is 6.23. The highest BCUT2D eigenvalue weighted by molar-refractivity contribution is 7.13. The van der Waals surface area contributed by atoms with Gasteiger partial charge in [-0.05, 0) is 12.0 Å². The molecule has 0 spiro atoms. The summed E-state index contributed by atoms with van der Waals surface area (Å²) in [6.07, 6.45) is 3.51. The summed E-state index contributed by atoms with van der Waals surface area (Å²) in [4.78, 5) is 13.1. The number of anilines is 1. The van der Waals surface area contributed by atoms with Gasteiger partial charge >= 0.3 is 0 Å². The number of hydrogen-bond acceptors (Lipinski definition) is 6. The summed E-state index contributed by atoms with van der Waals surface area (Å²) in [7, 11) is 1.90. The summed E-state index contributed by atoms with van der Waals surface area (Å²) in [6, 6.07) is 3.95. The first-order chi connectivity index (χ1) is 10.6. The van der Waals surface area contributed by atoms with Crippen molar-refractivity contribution >= 4 is 17.2 Å². The number of rotatable bonds is 5. The molecular weight excluding hydrogens is 296 g/mol. The molecule has 0 unspecified atom stereocenters. The van der Waals surface area contributed by atoms with Gasteiger partial charge in [-0.3, -0.25) is 4.68 Å². The molecule has 0 bridgehead atoms. The third-order valence-corrected chi connectivity index (χ3v) is 4.13. The largest absolute Gasteiger partial charge is 0.364 e. The van der Waals surface area contributed by atoms with Crippen LogP contribution in [-0.4, -0.2) is 24.7 Å². The Morgan fingerprint density at radius 2 is 2.18 bits per heavy atom. The van der Waals surface area contributed by atoms with E-state index >= 15 is 0 Å². The fourth-order valence-electron chi connectivity index (χ4n) is 2.00. The van der Waals surface area contributed by atoms with Crippen molar-refractivity contribution < 1.29 is 0 Å². The molecule has 0 saturated carbocycles. The third kappa shape index (κ3) is 3.30. The zero-order valence-electron chi connectivity index (χ0n) is 12.8.